The fourth-order valence-electron chi connectivity index (χ4n) is 2.72. The molecule has 214 valence electrons. The lowest BCUT2D eigenvalue weighted by atomic mass is 10.00. The molecule has 1 aromatic carbocycles. The summed E-state index contributed by atoms with van der Waals surface area (Å²) in [7, 11) is 0. The maximum atomic E-state index is 11.4. The normalized spacial score (nSPS) is 13.8. The van der Waals surface area contributed by atoms with Crippen LogP contribution in [0.4, 0.5) is 0 Å². The molecule has 0 aliphatic heterocycles. The molecular weight excluding hydrogens is 474 g/mol. The zero-order chi connectivity index (χ0) is 29.7. The van der Waals surface area contributed by atoms with E-state index < -0.39 is 5.97 Å². The zero-order valence-corrected chi connectivity index (χ0v) is 25.6. The first kappa shape index (κ1) is 37.1. The summed E-state index contributed by atoms with van der Waals surface area (Å²) in [5.74, 6) is 0.756. The smallest absolute Gasteiger partial charge is 0.341 e. The van der Waals surface area contributed by atoms with Crippen molar-refractivity contribution in [1.29, 1.82) is 0 Å². The highest BCUT2D eigenvalue weighted by molar-refractivity contribution is 6.09. The molecule has 0 unspecified atom stereocenters. The molecule has 0 heterocycles. The molecule has 0 spiro atoms. The van der Waals surface area contributed by atoms with Crippen LogP contribution in [0.2, 0.25) is 0 Å². The molecule has 1 aromatic rings. The van der Waals surface area contributed by atoms with Gasteiger partial charge in [0.25, 0.3) is 0 Å². The fraction of sp³-hybridized carbons (Fsp3) is 0.515. The van der Waals surface area contributed by atoms with Crippen LogP contribution in [0.15, 0.2) is 70.5 Å². The SMILES string of the molecule is C=C(/C=C(C)/C(C)=C/C(O)=C(\C=NCCC)C(=O)O)c1ccccc1OCC1CC1.CC.CC.CC(C)C. The van der Waals surface area contributed by atoms with Gasteiger partial charge in [-0.3, -0.25) is 4.99 Å². The highest BCUT2D eigenvalue weighted by Crippen LogP contribution is 2.32. The standard InChI is InChI=1S/C25H31NO4.C4H10.2C2H6/c1-5-12-26-15-22(25(28)29)23(27)14-18(3)17(2)13-19(4)21-8-6-7-9-24(21)30-16-20-10-11-20;1-4(2)3;2*1-2/h6-9,13-15,20,27H,4-5,10-12,16H2,1-3H3,(H,28,29);4H,1-3H3;2*1-2H3/b17-13+,18-14+,23-22-,26-15?;;;. The van der Waals surface area contributed by atoms with Crippen LogP contribution in [0.25, 0.3) is 5.57 Å². The van der Waals surface area contributed by atoms with Gasteiger partial charge in [0.1, 0.15) is 17.1 Å². The first-order valence-electron chi connectivity index (χ1n) is 14.0. The second-order valence-electron chi connectivity index (χ2n) is 9.30. The van der Waals surface area contributed by atoms with Gasteiger partial charge < -0.3 is 14.9 Å². The maximum absolute atomic E-state index is 11.4. The van der Waals surface area contributed by atoms with Gasteiger partial charge in [-0.1, -0.05) is 86.2 Å². The summed E-state index contributed by atoms with van der Waals surface area (Å²) in [4.78, 5) is 15.4. The van der Waals surface area contributed by atoms with Gasteiger partial charge in [0.15, 0.2) is 0 Å². The van der Waals surface area contributed by atoms with E-state index >= 15 is 0 Å². The van der Waals surface area contributed by atoms with Gasteiger partial charge in [-0.15, -0.1) is 0 Å². The predicted molar refractivity (Wildman–Crippen MR) is 165 cm³/mol. The molecule has 0 atom stereocenters. The number of aliphatic hydroxyl groups excluding tert-OH is 1. The van der Waals surface area contributed by atoms with Crippen molar-refractivity contribution in [2.75, 3.05) is 13.2 Å². The lowest BCUT2D eigenvalue weighted by molar-refractivity contribution is -0.132. The molecule has 1 aliphatic rings. The number of hydrogen-bond acceptors (Lipinski definition) is 4. The van der Waals surface area contributed by atoms with E-state index in [9.17, 15) is 15.0 Å². The van der Waals surface area contributed by atoms with Crippen LogP contribution < -0.4 is 4.74 Å². The highest BCUT2D eigenvalue weighted by atomic mass is 16.5. The molecule has 0 amide bonds. The molecule has 0 saturated heterocycles. The molecule has 2 N–H and O–H groups in total. The minimum Gasteiger partial charge on any atom is -0.507 e. The van der Waals surface area contributed by atoms with Crippen LogP contribution in [0, 0.1) is 11.8 Å². The van der Waals surface area contributed by atoms with Crippen LogP contribution >= 0.6 is 0 Å². The first-order chi connectivity index (χ1) is 18.1. The number of nitrogens with zero attached hydrogens (tertiary/aromatic N) is 1. The predicted octanol–water partition coefficient (Wildman–Crippen LogP) is 9.47. The van der Waals surface area contributed by atoms with Crippen molar-refractivity contribution >= 4 is 17.8 Å². The van der Waals surface area contributed by atoms with Crippen LogP contribution in [-0.2, 0) is 4.79 Å². The second kappa shape index (κ2) is 22.0. The number of aliphatic imine (C=N–C) groups is 1. The van der Waals surface area contributed by atoms with Crippen molar-refractivity contribution in [3.05, 3.63) is 71.0 Å². The number of benzene rings is 1. The molecule has 1 aliphatic carbocycles. The van der Waals surface area contributed by atoms with E-state index in [0.717, 1.165) is 47.0 Å². The van der Waals surface area contributed by atoms with Crippen LogP contribution in [0.1, 0.15) is 94.1 Å². The van der Waals surface area contributed by atoms with Crippen molar-refractivity contribution in [3.63, 3.8) is 0 Å². The maximum Gasteiger partial charge on any atom is 0.341 e. The van der Waals surface area contributed by atoms with E-state index in [4.69, 9.17) is 4.74 Å². The van der Waals surface area contributed by atoms with E-state index in [0.29, 0.717) is 12.5 Å². The topological polar surface area (TPSA) is 79.1 Å². The Labute approximate surface area is 232 Å². The van der Waals surface area contributed by atoms with E-state index in [-0.39, 0.29) is 11.3 Å². The lowest BCUT2D eigenvalue weighted by Gasteiger charge is -2.12. The van der Waals surface area contributed by atoms with Crippen molar-refractivity contribution in [2.24, 2.45) is 16.8 Å². The van der Waals surface area contributed by atoms with Gasteiger partial charge >= 0.3 is 5.97 Å². The monoisotopic (exact) mass is 527 g/mol. The molecule has 0 bridgehead atoms. The van der Waals surface area contributed by atoms with Gasteiger partial charge in [0.2, 0.25) is 0 Å². The molecule has 1 saturated carbocycles. The third kappa shape index (κ3) is 16.6. The molecule has 1 fully saturated rings. The first-order valence-corrected chi connectivity index (χ1v) is 14.0. The number of rotatable bonds is 11. The van der Waals surface area contributed by atoms with Crippen LogP contribution in [0.5, 0.6) is 5.75 Å². The summed E-state index contributed by atoms with van der Waals surface area (Å²) in [6.45, 7) is 25.6. The molecule has 5 nitrogen and oxygen atoms in total. The Kier molecular flexibility index (Phi) is 21.4. The van der Waals surface area contributed by atoms with Crippen molar-refractivity contribution < 1.29 is 19.7 Å². The van der Waals surface area contributed by atoms with Gasteiger partial charge in [0, 0.05) is 18.3 Å². The van der Waals surface area contributed by atoms with Gasteiger partial charge in [-0.25, -0.2) is 4.79 Å². The van der Waals surface area contributed by atoms with Gasteiger partial charge in [-0.2, -0.15) is 0 Å². The number of carbonyl (C=O) groups is 1. The van der Waals surface area contributed by atoms with Crippen molar-refractivity contribution in [1.82, 2.24) is 0 Å². The Morgan fingerprint density at radius 2 is 1.58 bits per heavy atom. The van der Waals surface area contributed by atoms with Crippen molar-refractivity contribution in [2.45, 2.75) is 88.5 Å². The van der Waals surface area contributed by atoms with E-state index in [1.807, 2.05) is 78.8 Å². The molecule has 0 aromatic heterocycles. The summed E-state index contributed by atoms with van der Waals surface area (Å²) in [6, 6.07) is 7.80. The number of ether oxygens (including phenoxy) is 1. The number of aliphatic carboxylic acids is 1. The second-order valence-corrected chi connectivity index (χ2v) is 9.30. The number of para-hydroxylation sites is 1. The van der Waals surface area contributed by atoms with Crippen LogP contribution in [-0.4, -0.2) is 35.5 Å². The number of hydrogen-bond donors (Lipinski definition) is 2. The van der Waals surface area contributed by atoms with E-state index in [1.54, 1.807) is 0 Å². The molecule has 2 rings (SSSR count). The summed E-state index contributed by atoms with van der Waals surface area (Å²) >= 11 is 0. The van der Waals surface area contributed by atoms with E-state index in [2.05, 4.69) is 32.3 Å². The summed E-state index contributed by atoms with van der Waals surface area (Å²) in [5.41, 5.74) is 3.07. The molecule has 5 heteroatoms. The number of allylic oxidation sites excluding steroid dienone is 5. The minimum absolute atomic E-state index is 0.228. The quantitative estimate of drug-likeness (QED) is 0.130. The third-order valence-electron chi connectivity index (χ3n) is 4.85. The van der Waals surface area contributed by atoms with Crippen molar-refractivity contribution in [3.8, 4) is 5.75 Å². The van der Waals surface area contributed by atoms with Crippen LogP contribution in [0.3, 0.4) is 0 Å². The lowest BCUT2D eigenvalue weighted by Crippen LogP contribution is -2.06. The highest BCUT2D eigenvalue weighted by Gasteiger charge is 2.22. The molecule has 0 radical (unpaired) electrons. The number of carboxylic acids is 1. The Morgan fingerprint density at radius 1 is 1.05 bits per heavy atom. The fourth-order valence-corrected chi connectivity index (χ4v) is 2.72. The molecule has 38 heavy (non-hydrogen) atoms. The largest absolute Gasteiger partial charge is 0.507 e. The third-order valence-corrected chi connectivity index (χ3v) is 4.85. The Morgan fingerprint density at radius 3 is 2.08 bits per heavy atom. The van der Waals surface area contributed by atoms with Gasteiger partial charge in [-0.05, 0) is 73.8 Å². The average molecular weight is 528 g/mol. The number of aliphatic hydroxyl groups is 1. The van der Waals surface area contributed by atoms with Gasteiger partial charge in [0.05, 0.1) is 6.61 Å². The summed E-state index contributed by atoms with van der Waals surface area (Å²) in [6.07, 6.45) is 7.81. The Balaban J connectivity index is 0. The average Bonchev–Trinajstić information content (AvgIpc) is 3.72. The van der Waals surface area contributed by atoms with E-state index in [1.165, 1.54) is 25.1 Å². The summed E-state index contributed by atoms with van der Waals surface area (Å²) in [5, 5.41) is 19.6. The minimum atomic E-state index is -1.22. The molecular formula is C33H53NO4. The summed E-state index contributed by atoms with van der Waals surface area (Å²) < 4.78 is 5.96. The Hall–Kier alpha value is -3.08. The number of carboxylic acid groups (broad SMARTS) is 1. The zero-order valence-electron chi connectivity index (χ0n) is 25.6. The Bertz CT molecular complexity index is 945.